The van der Waals surface area contributed by atoms with Gasteiger partial charge in [-0.25, -0.2) is 0 Å². The minimum Gasteiger partial charge on any atom is -0.398 e. The van der Waals surface area contributed by atoms with Gasteiger partial charge in [-0.15, -0.1) is 0 Å². The van der Waals surface area contributed by atoms with Crippen molar-refractivity contribution in [3.63, 3.8) is 0 Å². The number of anilines is 1. The summed E-state index contributed by atoms with van der Waals surface area (Å²) in [5, 5.41) is 3.10. The molecule has 1 amide bonds. The van der Waals surface area contributed by atoms with Gasteiger partial charge in [0, 0.05) is 11.7 Å². The highest BCUT2D eigenvalue weighted by molar-refractivity contribution is 6.00. The third kappa shape index (κ3) is 2.66. The Balaban J connectivity index is 2.07. The van der Waals surface area contributed by atoms with E-state index in [-0.39, 0.29) is 11.9 Å². The number of aryl methyl sites for hydroxylation is 1. The van der Waals surface area contributed by atoms with Gasteiger partial charge < -0.3 is 11.1 Å². The van der Waals surface area contributed by atoms with Gasteiger partial charge in [0.2, 0.25) is 0 Å². The van der Waals surface area contributed by atoms with E-state index >= 15 is 0 Å². The Hall–Kier alpha value is -1.51. The van der Waals surface area contributed by atoms with E-state index in [0.717, 1.165) is 5.56 Å². The first-order valence-electron chi connectivity index (χ1n) is 6.75. The van der Waals surface area contributed by atoms with Gasteiger partial charge in [0.1, 0.15) is 0 Å². The summed E-state index contributed by atoms with van der Waals surface area (Å²) in [6.07, 6.45) is 5.03. The topological polar surface area (TPSA) is 55.1 Å². The zero-order chi connectivity index (χ0) is 13.1. The lowest BCUT2D eigenvalue weighted by Gasteiger charge is -2.21. The lowest BCUT2D eigenvalue weighted by molar-refractivity contribution is 0.0927. The molecule has 1 aliphatic rings. The Kier molecular flexibility index (Phi) is 3.90. The third-order valence-electron chi connectivity index (χ3n) is 4.00. The van der Waals surface area contributed by atoms with E-state index in [2.05, 4.69) is 12.2 Å². The number of rotatable bonds is 3. The monoisotopic (exact) mass is 246 g/mol. The van der Waals surface area contributed by atoms with Crippen LogP contribution in [0.5, 0.6) is 0 Å². The maximum absolute atomic E-state index is 12.3. The number of benzene rings is 1. The number of amides is 1. The molecule has 2 rings (SSSR count). The van der Waals surface area contributed by atoms with Gasteiger partial charge in [-0.3, -0.25) is 4.79 Å². The molecule has 1 saturated carbocycles. The molecule has 0 aromatic heterocycles. The summed E-state index contributed by atoms with van der Waals surface area (Å²) in [5.74, 6) is 0.587. The molecule has 98 valence electrons. The maximum atomic E-state index is 12.3. The largest absolute Gasteiger partial charge is 0.398 e. The van der Waals surface area contributed by atoms with Crippen molar-refractivity contribution in [1.82, 2.24) is 5.32 Å². The zero-order valence-corrected chi connectivity index (χ0v) is 11.2. The summed E-state index contributed by atoms with van der Waals surface area (Å²) >= 11 is 0. The third-order valence-corrected chi connectivity index (χ3v) is 4.00. The molecule has 0 bridgehead atoms. The van der Waals surface area contributed by atoms with E-state index < -0.39 is 0 Å². The van der Waals surface area contributed by atoms with Gasteiger partial charge in [-0.05, 0) is 44.2 Å². The van der Waals surface area contributed by atoms with E-state index in [1.54, 1.807) is 6.07 Å². The van der Waals surface area contributed by atoms with Crippen molar-refractivity contribution in [3.8, 4) is 0 Å². The molecule has 3 heteroatoms. The van der Waals surface area contributed by atoms with Crippen LogP contribution in [0, 0.1) is 12.8 Å². The lowest BCUT2D eigenvalue weighted by atomic mass is 9.98. The van der Waals surface area contributed by atoms with Crippen LogP contribution in [0.25, 0.3) is 0 Å². The molecular formula is C15H22N2O. The fourth-order valence-electron chi connectivity index (χ4n) is 2.85. The predicted octanol–water partition coefficient (Wildman–Crippen LogP) is 2.89. The van der Waals surface area contributed by atoms with Crippen LogP contribution in [-0.2, 0) is 0 Å². The molecule has 0 aliphatic heterocycles. The van der Waals surface area contributed by atoms with Gasteiger partial charge >= 0.3 is 0 Å². The number of nitrogens with one attached hydrogen (secondary N) is 1. The quantitative estimate of drug-likeness (QED) is 0.806. The highest BCUT2D eigenvalue weighted by Crippen LogP contribution is 2.28. The molecule has 0 spiro atoms. The normalized spacial score (nSPS) is 17.7. The molecule has 3 nitrogen and oxygen atoms in total. The van der Waals surface area contributed by atoms with Crippen LogP contribution >= 0.6 is 0 Å². The van der Waals surface area contributed by atoms with Crippen molar-refractivity contribution >= 4 is 11.6 Å². The van der Waals surface area contributed by atoms with E-state index in [4.69, 9.17) is 5.73 Å². The fraction of sp³-hybridized carbons (Fsp3) is 0.533. The van der Waals surface area contributed by atoms with Gasteiger partial charge in [-0.2, -0.15) is 0 Å². The van der Waals surface area contributed by atoms with Crippen LogP contribution in [0.15, 0.2) is 18.2 Å². The Morgan fingerprint density at radius 3 is 2.67 bits per heavy atom. The second kappa shape index (κ2) is 5.42. The molecule has 1 unspecified atom stereocenters. The SMILES string of the molecule is Cc1cccc(N)c1C(=O)NC(C)C1CCCC1. The Bertz CT molecular complexity index is 416. The molecule has 18 heavy (non-hydrogen) atoms. The Labute approximate surface area is 109 Å². The molecule has 0 heterocycles. The highest BCUT2D eigenvalue weighted by atomic mass is 16.1. The summed E-state index contributed by atoms with van der Waals surface area (Å²) in [6, 6.07) is 5.81. The summed E-state index contributed by atoms with van der Waals surface area (Å²) < 4.78 is 0. The van der Waals surface area contributed by atoms with E-state index in [9.17, 15) is 4.79 Å². The van der Waals surface area contributed by atoms with Gasteiger partial charge in [-0.1, -0.05) is 25.0 Å². The first-order chi connectivity index (χ1) is 8.59. The number of hydrogen-bond donors (Lipinski definition) is 2. The summed E-state index contributed by atoms with van der Waals surface area (Å²) in [7, 11) is 0. The van der Waals surface area contributed by atoms with Gasteiger partial charge in [0.25, 0.3) is 5.91 Å². The number of carbonyl (C=O) groups is 1. The lowest BCUT2D eigenvalue weighted by Crippen LogP contribution is -2.37. The molecule has 1 aromatic rings. The van der Waals surface area contributed by atoms with Crippen molar-refractivity contribution in [2.45, 2.75) is 45.6 Å². The smallest absolute Gasteiger partial charge is 0.253 e. The minimum absolute atomic E-state index is 0.0370. The summed E-state index contributed by atoms with van der Waals surface area (Å²) in [6.45, 7) is 4.02. The molecular weight excluding hydrogens is 224 g/mol. The molecule has 3 N–H and O–H groups in total. The summed E-state index contributed by atoms with van der Waals surface area (Å²) in [5.41, 5.74) is 8.02. The van der Waals surface area contributed by atoms with E-state index in [1.807, 2.05) is 19.1 Å². The van der Waals surface area contributed by atoms with Crippen LogP contribution in [0.4, 0.5) is 5.69 Å². The average Bonchev–Trinajstić information content (AvgIpc) is 2.81. The number of carbonyl (C=O) groups excluding carboxylic acids is 1. The predicted molar refractivity (Wildman–Crippen MR) is 74.5 cm³/mol. The summed E-state index contributed by atoms with van der Waals surface area (Å²) in [4.78, 5) is 12.3. The Morgan fingerprint density at radius 2 is 2.06 bits per heavy atom. The molecule has 1 aliphatic carbocycles. The average molecular weight is 246 g/mol. The number of nitrogens with two attached hydrogens (primary N) is 1. The maximum Gasteiger partial charge on any atom is 0.253 e. The molecule has 0 saturated heterocycles. The number of hydrogen-bond acceptors (Lipinski definition) is 2. The second-order valence-electron chi connectivity index (χ2n) is 5.35. The van der Waals surface area contributed by atoms with Crippen molar-refractivity contribution < 1.29 is 4.79 Å². The van der Waals surface area contributed by atoms with Crippen molar-refractivity contribution in [2.75, 3.05) is 5.73 Å². The van der Waals surface area contributed by atoms with Crippen molar-refractivity contribution in [2.24, 2.45) is 5.92 Å². The fourth-order valence-corrected chi connectivity index (χ4v) is 2.85. The molecule has 1 fully saturated rings. The molecule has 0 radical (unpaired) electrons. The van der Waals surface area contributed by atoms with E-state index in [1.165, 1.54) is 25.7 Å². The zero-order valence-electron chi connectivity index (χ0n) is 11.2. The molecule has 1 aromatic carbocycles. The standard InChI is InChI=1S/C15H22N2O/c1-10-6-5-9-13(16)14(10)15(18)17-11(2)12-7-3-4-8-12/h5-6,9,11-12H,3-4,7-8,16H2,1-2H3,(H,17,18). The van der Waals surface area contributed by atoms with Crippen molar-refractivity contribution in [1.29, 1.82) is 0 Å². The van der Waals surface area contributed by atoms with E-state index in [0.29, 0.717) is 17.2 Å². The van der Waals surface area contributed by atoms with Crippen LogP contribution in [0.3, 0.4) is 0 Å². The Morgan fingerprint density at radius 1 is 1.39 bits per heavy atom. The van der Waals surface area contributed by atoms with Crippen LogP contribution in [0.2, 0.25) is 0 Å². The first kappa shape index (κ1) is 12.9. The highest BCUT2D eigenvalue weighted by Gasteiger charge is 2.24. The van der Waals surface area contributed by atoms with Gasteiger partial charge in [0.05, 0.1) is 5.56 Å². The van der Waals surface area contributed by atoms with Crippen LogP contribution in [-0.4, -0.2) is 11.9 Å². The van der Waals surface area contributed by atoms with Gasteiger partial charge in [0.15, 0.2) is 0 Å². The molecule has 1 atom stereocenters. The second-order valence-corrected chi connectivity index (χ2v) is 5.35. The minimum atomic E-state index is -0.0370. The van der Waals surface area contributed by atoms with Crippen LogP contribution < -0.4 is 11.1 Å². The first-order valence-corrected chi connectivity index (χ1v) is 6.75. The van der Waals surface area contributed by atoms with Crippen molar-refractivity contribution in [3.05, 3.63) is 29.3 Å². The van der Waals surface area contributed by atoms with Crippen LogP contribution in [0.1, 0.15) is 48.5 Å². The number of nitrogen functional groups attached to an aromatic ring is 1.